The average molecular weight is 439 g/mol. The largest absolute Gasteiger partial charge is 0.368 e. The number of piperazine rings is 1. The lowest BCUT2D eigenvalue weighted by atomic mass is 10.1. The molecule has 0 aliphatic carbocycles. The topological polar surface area (TPSA) is 55.3 Å². The highest BCUT2D eigenvalue weighted by Gasteiger charge is 2.18. The molecular formula is C24H31ClN6. The average Bonchev–Trinajstić information content (AvgIpc) is 3.51. The Balaban J connectivity index is 0.00000231. The van der Waals surface area contributed by atoms with Crippen molar-refractivity contribution in [3.63, 3.8) is 0 Å². The second kappa shape index (κ2) is 10.3. The SMILES string of the molecule is Cl.c1cc(C2=NCCN2)ccc1CN1CCN(Cc2ccc(C3=NCCN3)cc2)CC1. The molecule has 7 heteroatoms. The fourth-order valence-electron chi connectivity index (χ4n) is 4.34. The quantitative estimate of drug-likeness (QED) is 0.725. The molecule has 0 spiro atoms. The van der Waals surface area contributed by atoms with Crippen LogP contribution in [0.1, 0.15) is 22.3 Å². The number of hydrogen-bond donors (Lipinski definition) is 2. The van der Waals surface area contributed by atoms with Gasteiger partial charge in [0.25, 0.3) is 0 Å². The van der Waals surface area contributed by atoms with E-state index in [-0.39, 0.29) is 12.4 Å². The normalized spacial score (nSPS) is 19.2. The van der Waals surface area contributed by atoms with E-state index in [2.05, 4.69) is 78.9 Å². The van der Waals surface area contributed by atoms with Gasteiger partial charge in [-0.25, -0.2) is 0 Å². The summed E-state index contributed by atoms with van der Waals surface area (Å²) in [5.74, 6) is 2.08. The zero-order chi connectivity index (χ0) is 20.2. The van der Waals surface area contributed by atoms with Crippen LogP contribution in [0.25, 0.3) is 0 Å². The minimum atomic E-state index is 0. The van der Waals surface area contributed by atoms with Crippen LogP contribution >= 0.6 is 12.4 Å². The van der Waals surface area contributed by atoms with E-state index in [4.69, 9.17) is 0 Å². The van der Waals surface area contributed by atoms with Crippen molar-refractivity contribution in [1.29, 1.82) is 0 Å². The van der Waals surface area contributed by atoms with Gasteiger partial charge in [0.05, 0.1) is 13.1 Å². The Bertz CT molecular complexity index is 837. The van der Waals surface area contributed by atoms with Crippen molar-refractivity contribution >= 4 is 24.1 Å². The molecular weight excluding hydrogens is 408 g/mol. The highest BCUT2D eigenvalue weighted by molar-refractivity contribution is 6.00. The van der Waals surface area contributed by atoms with Crippen LogP contribution in [0.5, 0.6) is 0 Å². The third-order valence-electron chi connectivity index (χ3n) is 6.08. The summed E-state index contributed by atoms with van der Waals surface area (Å²) in [7, 11) is 0. The van der Waals surface area contributed by atoms with Crippen molar-refractivity contribution in [3.8, 4) is 0 Å². The van der Waals surface area contributed by atoms with Gasteiger partial charge in [-0.2, -0.15) is 0 Å². The minimum absolute atomic E-state index is 0. The first kappa shape index (κ1) is 21.8. The van der Waals surface area contributed by atoms with Crippen LogP contribution in [0, 0.1) is 0 Å². The molecule has 2 aromatic carbocycles. The molecule has 0 radical (unpaired) electrons. The monoisotopic (exact) mass is 438 g/mol. The van der Waals surface area contributed by atoms with Crippen LogP contribution in [0.4, 0.5) is 0 Å². The smallest absolute Gasteiger partial charge is 0.128 e. The molecule has 164 valence electrons. The Morgan fingerprint density at radius 1 is 0.613 bits per heavy atom. The lowest BCUT2D eigenvalue weighted by Gasteiger charge is -2.34. The first-order valence-corrected chi connectivity index (χ1v) is 11.0. The van der Waals surface area contributed by atoms with Crippen molar-refractivity contribution in [2.45, 2.75) is 13.1 Å². The molecule has 2 N–H and O–H groups in total. The van der Waals surface area contributed by atoms with Crippen LogP contribution < -0.4 is 10.6 Å². The molecule has 0 amide bonds. The van der Waals surface area contributed by atoms with Crippen LogP contribution in [0.3, 0.4) is 0 Å². The molecule has 2 aromatic rings. The van der Waals surface area contributed by atoms with E-state index in [1.54, 1.807) is 0 Å². The number of hydrogen-bond acceptors (Lipinski definition) is 6. The van der Waals surface area contributed by atoms with E-state index in [0.717, 1.165) is 77.1 Å². The molecule has 0 aromatic heterocycles. The van der Waals surface area contributed by atoms with Crippen LogP contribution in [0.2, 0.25) is 0 Å². The van der Waals surface area contributed by atoms with Crippen LogP contribution in [0.15, 0.2) is 58.5 Å². The van der Waals surface area contributed by atoms with E-state index < -0.39 is 0 Å². The number of aliphatic imine (C=N–C) groups is 2. The molecule has 31 heavy (non-hydrogen) atoms. The van der Waals surface area contributed by atoms with Crippen molar-refractivity contribution in [1.82, 2.24) is 20.4 Å². The number of nitrogens with zero attached hydrogens (tertiary/aromatic N) is 4. The maximum absolute atomic E-state index is 4.50. The summed E-state index contributed by atoms with van der Waals surface area (Å²) in [6.45, 7) is 10.2. The number of benzene rings is 2. The van der Waals surface area contributed by atoms with Gasteiger partial charge in [-0.3, -0.25) is 19.8 Å². The molecule has 0 bridgehead atoms. The first-order chi connectivity index (χ1) is 14.8. The molecule has 3 aliphatic rings. The molecule has 1 fully saturated rings. The van der Waals surface area contributed by atoms with Crippen molar-refractivity contribution < 1.29 is 0 Å². The van der Waals surface area contributed by atoms with Gasteiger partial charge >= 0.3 is 0 Å². The van der Waals surface area contributed by atoms with Crippen LogP contribution in [-0.4, -0.2) is 73.8 Å². The molecule has 6 nitrogen and oxygen atoms in total. The van der Waals surface area contributed by atoms with Gasteiger partial charge in [-0.1, -0.05) is 48.5 Å². The summed E-state index contributed by atoms with van der Waals surface area (Å²) in [5.41, 5.74) is 5.15. The summed E-state index contributed by atoms with van der Waals surface area (Å²) < 4.78 is 0. The number of nitrogens with one attached hydrogen (secondary N) is 2. The predicted molar refractivity (Wildman–Crippen MR) is 129 cm³/mol. The third kappa shape index (κ3) is 5.45. The summed E-state index contributed by atoms with van der Waals surface area (Å²) in [5, 5.41) is 6.68. The van der Waals surface area contributed by atoms with E-state index in [9.17, 15) is 0 Å². The molecule has 0 atom stereocenters. The Hall–Kier alpha value is -2.41. The Morgan fingerprint density at radius 2 is 1.00 bits per heavy atom. The van der Waals surface area contributed by atoms with Gasteiger partial charge in [-0.05, 0) is 11.1 Å². The zero-order valence-corrected chi connectivity index (χ0v) is 18.7. The van der Waals surface area contributed by atoms with Gasteiger partial charge in [0.1, 0.15) is 11.7 Å². The van der Waals surface area contributed by atoms with Crippen molar-refractivity contribution in [2.75, 3.05) is 52.4 Å². The third-order valence-corrected chi connectivity index (χ3v) is 6.08. The standard InChI is InChI=1S/C24H30N6.ClH/c1-5-21(23-25-9-10-26-23)6-2-19(1)17-29-13-15-30(16-14-29)18-20-3-7-22(8-4-20)24-27-11-12-28-24;/h1-8H,9-18H2,(H,25,26)(H,27,28);1H. The van der Waals surface area contributed by atoms with Gasteiger partial charge in [0.15, 0.2) is 0 Å². The maximum Gasteiger partial charge on any atom is 0.128 e. The number of amidine groups is 2. The molecule has 3 heterocycles. The van der Waals surface area contributed by atoms with E-state index in [1.807, 2.05) is 0 Å². The van der Waals surface area contributed by atoms with Crippen molar-refractivity contribution in [2.24, 2.45) is 9.98 Å². The predicted octanol–water partition coefficient (Wildman–Crippen LogP) is 2.13. The van der Waals surface area contributed by atoms with Gasteiger partial charge < -0.3 is 10.6 Å². The summed E-state index contributed by atoms with van der Waals surface area (Å²) in [6.07, 6.45) is 0. The minimum Gasteiger partial charge on any atom is -0.368 e. The van der Waals surface area contributed by atoms with E-state index in [1.165, 1.54) is 22.3 Å². The number of halogens is 1. The van der Waals surface area contributed by atoms with E-state index >= 15 is 0 Å². The highest BCUT2D eigenvalue weighted by Crippen LogP contribution is 2.14. The zero-order valence-electron chi connectivity index (χ0n) is 17.9. The second-order valence-corrected chi connectivity index (χ2v) is 8.26. The maximum atomic E-state index is 4.50. The lowest BCUT2D eigenvalue weighted by Crippen LogP contribution is -2.45. The number of rotatable bonds is 6. The summed E-state index contributed by atoms with van der Waals surface area (Å²) >= 11 is 0. The molecule has 5 rings (SSSR count). The first-order valence-electron chi connectivity index (χ1n) is 11.0. The summed E-state index contributed by atoms with van der Waals surface area (Å²) in [6, 6.07) is 17.8. The van der Waals surface area contributed by atoms with Gasteiger partial charge in [-0.15, -0.1) is 12.4 Å². The summed E-state index contributed by atoms with van der Waals surface area (Å²) in [4.78, 5) is 14.1. The Labute approximate surface area is 190 Å². The molecule has 0 saturated carbocycles. The fraction of sp³-hybridized carbons (Fsp3) is 0.417. The molecule has 1 saturated heterocycles. The highest BCUT2D eigenvalue weighted by atomic mass is 35.5. The van der Waals surface area contributed by atoms with Crippen molar-refractivity contribution in [3.05, 3.63) is 70.8 Å². The lowest BCUT2D eigenvalue weighted by molar-refractivity contribution is 0.122. The molecule has 0 unspecified atom stereocenters. The van der Waals surface area contributed by atoms with Crippen LogP contribution in [-0.2, 0) is 13.1 Å². The van der Waals surface area contributed by atoms with Gasteiger partial charge in [0.2, 0.25) is 0 Å². The second-order valence-electron chi connectivity index (χ2n) is 8.26. The van der Waals surface area contributed by atoms with Gasteiger partial charge in [0, 0.05) is 63.5 Å². The molecule has 3 aliphatic heterocycles. The fourth-order valence-corrected chi connectivity index (χ4v) is 4.34. The van der Waals surface area contributed by atoms with E-state index in [0.29, 0.717) is 0 Å². The Morgan fingerprint density at radius 3 is 1.32 bits per heavy atom. The Kier molecular flexibility index (Phi) is 7.22.